The van der Waals surface area contributed by atoms with Crippen LogP contribution in [0, 0.1) is 6.92 Å². The van der Waals surface area contributed by atoms with Crippen LogP contribution in [0.1, 0.15) is 19.4 Å². The molecule has 1 N–H and O–H groups in total. The monoisotopic (exact) mass is 187 g/mol. The lowest BCUT2D eigenvalue weighted by atomic mass is 10.2. The first-order valence-electron chi connectivity index (χ1n) is 3.82. The maximum Gasteiger partial charge on any atom is 0.0483 e. The highest BCUT2D eigenvalue weighted by molar-refractivity contribution is 5.11. The van der Waals surface area contributed by atoms with Gasteiger partial charge in [-0.2, -0.15) is 0 Å². The molecule has 0 spiro atoms. The zero-order valence-corrected chi connectivity index (χ0v) is 8.55. The van der Waals surface area contributed by atoms with Crippen LogP contribution in [-0.4, -0.2) is 11.2 Å². The van der Waals surface area contributed by atoms with Crippen molar-refractivity contribution in [2.75, 3.05) is 0 Å². The lowest BCUT2D eigenvalue weighted by Gasteiger charge is -1.82. The van der Waals surface area contributed by atoms with Crippen molar-refractivity contribution in [3.8, 4) is 0 Å². The second-order valence-electron chi connectivity index (χ2n) is 2.75. The van der Waals surface area contributed by atoms with Crippen LogP contribution in [0.25, 0.3) is 0 Å². The molecule has 0 saturated heterocycles. The second kappa shape index (κ2) is 8.57. The van der Waals surface area contributed by atoms with Crippen molar-refractivity contribution >= 4 is 0 Å². The number of benzene rings is 1. The van der Waals surface area contributed by atoms with E-state index in [0.717, 1.165) is 0 Å². The fraction of sp³-hybridized carbons (Fsp3) is 0.400. The third-order valence-electron chi connectivity index (χ3n) is 0.940. The molecule has 70 valence electrons. The number of rotatable bonds is 0. The third-order valence-corrected chi connectivity index (χ3v) is 0.940. The predicted molar refractivity (Wildman–Crippen MR) is 48.5 cm³/mol. The standard InChI is InChI=1S/C7H8.C3H8O.ClH/c1-7-5-3-2-4-6-7;1-3(2)4;/h2-6H,1H3;3-4H,1-2H3;1H/p-1. The lowest BCUT2D eigenvalue weighted by Crippen LogP contribution is -3.00. The van der Waals surface area contributed by atoms with E-state index in [1.165, 1.54) is 5.56 Å². The van der Waals surface area contributed by atoms with Crippen LogP contribution in [0.4, 0.5) is 0 Å². The van der Waals surface area contributed by atoms with Gasteiger partial charge in [0.2, 0.25) is 0 Å². The van der Waals surface area contributed by atoms with Crippen molar-refractivity contribution in [1.82, 2.24) is 0 Å². The van der Waals surface area contributed by atoms with Gasteiger partial charge in [0.25, 0.3) is 0 Å². The van der Waals surface area contributed by atoms with Gasteiger partial charge >= 0.3 is 0 Å². The summed E-state index contributed by atoms with van der Waals surface area (Å²) >= 11 is 0. The van der Waals surface area contributed by atoms with Gasteiger partial charge in [-0.1, -0.05) is 35.9 Å². The SMILES string of the molecule is CC(C)O.Cc1ccccc1.[Cl-]. The first-order valence-corrected chi connectivity index (χ1v) is 3.82. The quantitative estimate of drug-likeness (QED) is 0.575. The van der Waals surface area contributed by atoms with Gasteiger partial charge in [0.1, 0.15) is 0 Å². The number of aliphatic hydroxyl groups excluding tert-OH is 1. The third kappa shape index (κ3) is 12.2. The average molecular weight is 188 g/mol. The molecule has 0 aliphatic carbocycles. The number of halogens is 1. The van der Waals surface area contributed by atoms with Gasteiger partial charge < -0.3 is 17.5 Å². The van der Waals surface area contributed by atoms with Crippen LogP contribution in [-0.2, 0) is 0 Å². The van der Waals surface area contributed by atoms with Gasteiger partial charge in [-0.05, 0) is 20.8 Å². The van der Waals surface area contributed by atoms with Crippen molar-refractivity contribution in [2.45, 2.75) is 26.9 Å². The summed E-state index contributed by atoms with van der Waals surface area (Å²) in [6.45, 7) is 5.53. The van der Waals surface area contributed by atoms with E-state index in [9.17, 15) is 0 Å². The molecule has 1 aromatic rings. The van der Waals surface area contributed by atoms with Crippen molar-refractivity contribution in [3.05, 3.63) is 35.9 Å². The van der Waals surface area contributed by atoms with E-state index < -0.39 is 0 Å². The van der Waals surface area contributed by atoms with Crippen LogP contribution in [0.3, 0.4) is 0 Å². The Bertz CT molecular complexity index is 170. The molecule has 0 radical (unpaired) electrons. The first kappa shape index (κ1) is 14.0. The molecule has 12 heavy (non-hydrogen) atoms. The molecule has 0 atom stereocenters. The van der Waals surface area contributed by atoms with Crippen LogP contribution in [0.5, 0.6) is 0 Å². The summed E-state index contributed by atoms with van der Waals surface area (Å²) in [7, 11) is 0. The number of aliphatic hydroxyl groups is 1. The van der Waals surface area contributed by atoms with Crippen LogP contribution in [0.15, 0.2) is 30.3 Å². The molecule has 0 aliphatic rings. The van der Waals surface area contributed by atoms with Gasteiger partial charge in [-0.15, -0.1) is 0 Å². The smallest absolute Gasteiger partial charge is 0.0483 e. The summed E-state index contributed by atoms with van der Waals surface area (Å²) in [6, 6.07) is 10.3. The minimum Gasteiger partial charge on any atom is -1.00 e. The molecule has 1 nitrogen and oxygen atoms in total. The topological polar surface area (TPSA) is 20.2 Å². The summed E-state index contributed by atoms with van der Waals surface area (Å²) in [6.07, 6.45) is -0.167. The highest BCUT2D eigenvalue weighted by Gasteiger charge is 1.72. The maximum absolute atomic E-state index is 8.06. The zero-order chi connectivity index (χ0) is 8.69. The summed E-state index contributed by atoms with van der Waals surface area (Å²) in [4.78, 5) is 0. The summed E-state index contributed by atoms with van der Waals surface area (Å²) in [5.74, 6) is 0. The second-order valence-corrected chi connectivity index (χ2v) is 2.75. The minimum absolute atomic E-state index is 0. The Morgan fingerprint density at radius 2 is 1.42 bits per heavy atom. The molecule has 0 fully saturated rings. The molecular weight excluding hydrogens is 172 g/mol. The van der Waals surface area contributed by atoms with Gasteiger partial charge in [0.15, 0.2) is 0 Å². The molecule has 2 heteroatoms. The Balaban J connectivity index is 0. The minimum atomic E-state index is -0.167. The van der Waals surface area contributed by atoms with Gasteiger partial charge in [-0.25, -0.2) is 0 Å². The van der Waals surface area contributed by atoms with Crippen LogP contribution >= 0.6 is 0 Å². The Morgan fingerprint density at radius 1 is 1.08 bits per heavy atom. The maximum atomic E-state index is 8.06. The normalized spacial score (nSPS) is 8.08. The highest BCUT2D eigenvalue weighted by Crippen LogP contribution is 1.92. The Hall–Kier alpha value is -0.530. The predicted octanol–water partition coefficient (Wildman–Crippen LogP) is -0.614. The zero-order valence-electron chi connectivity index (χ0n) is 7.79. The van der Waals surface area contributed by atoms with Crippen LogP contribution in [0.2, 0.25) is 0 Å². The Kier molecular flexibility index (Phi) is 10.0. The van der Waals surface area contributed by atoms with E-state index in [1.54, 1.807) is 13.8 Å². The van der Waals surface area contributed by atoms with E-state index in [-0.39, 0.29) is 18.5 Å². The van der Waals surface area contributed by atoms with E-state index in [0.29, 0.717) is 0 Å². The molecule has 0 heterocycles. The number of aryl methyl sites for hydroxylation is 1. The van der Waals surface area contributed by atoms with E-state index in [4.69, 9.17) is 5.11 Å². The number of hydrogen-bond acceptors (Lipinski definition) is 1. The number of hydrogen-bond donors (Lipinski definition) is 1. The fourth-order valence-corrected chi connectivity index (χ4v) is 0.534. The molecular formula is C10H16ClO-. The highest BCUT2D eigenvalue weighted by atomic mass is 35.5. The van der Waals surface area contributed by atoms with Gasteiger partial charge in [-0.3, -0.25) is 0 Å². The molecule has 1 aromatic carbocycles. The Labute approximate surface area is 80.8 Å². The van der Waals surface area contributed by atoms with E-state index >= 15 is 0 Å². The van der Waals surface area contributed by atoms with Crippen molar-refractivity contribution in [3.63, 3.8) is 0 Å². The summed E-state index contributed by atoms with van der Waals surface area (Å²) in [5.41, 5.74) is 1.32. The van der Waals surface area contributed by atoms with Crippen molar-refractivity contribution in [1.29, 1.82) is 0 Å². The molecule has 0 aliphatic heterocycles. The van der Waals surface area contributed by atoms with Gasteiger partial charge in [0, 0.05) is 6.10 Å². The summed E-state index contributed by atoms with van der Waals surface area (Å²) < 4.78 is 0. The molecule has 1 rings (SSSR count). The molecule has 0 aromatic heterocycles. The van der Waals surface area contributed by atoms with E-state index in [2.05, 4.69) is 19.1 Å². The molecule has 0 unspecified atom stereocenters. The fourth-order valence-electron chi connectivity index (χ4n) is 0.534. The molecule has 0 amide bonds. The van der Waals surface area contributed by atoms with Crippen molar-refractivity contribution in [2.24, 2.45) is 0 Å². The first-order chi connectivity index (χ1) is 5.13. The van der Waals surface area contributed by atoms with E-state index in [1.807, 2.05) is 18.2 Å². The molecule has 0 saturated carbocycles. The van der Waals surface area contributed by atoms with Crippen LogP contribution < -0.4 is 12.4 Å². The largest absolute Gasteiger partial charge is 1.00 e. The van der Waals surface area contributed by atoms with Gasteiger partial charge in [0.05, 0.1) is 0 Å². The Morgan fingerprint density at radius 3 is 1.58 bits per heavy atom. The average Bonchev–Trinajstić information content (AvgIpc) is 1.87. The van der Waals surface area contributed by atoms with Crippen molar-refractivity contribution < 1.29 is 17.5 Å². The molecule has 0 bridgehead atoms. The summed E-state index contributed by atoms with van der Waals surface area (Å²) in [5, 5.41) is 8.06. The lowest BCUT2D eigenvalue weighted by molar-refractivity contribution is -0.00000492.